The van der Waals surface area contributed by atoms with Crippen molar-refractivity contribution in [2.45, 2.75) is 13.0 Å². The molecule has 1 unspecified atom stereocenters. The Labute approximate surface area is 111 Å². The number of hydrogen-bond acceptors (Lipinski definition) is 3. The van der Waals surface area contributed by atoms with Crippen molar-refractivity contribution in [3.63, 3.8) is 0 Å². The number of pyridine rings is 2. The van der Waals surface area contributed by atoms with Crippen LogP contribution in [0.15, 0.2) is 54.7 Å². The largest absolute Gasteiger partial charge is 0.380 e. The Morgan fingerprint density at radius 1 is 1.00 bits per heavy atom. The number of rotatable bonds is 2. The summed E-state index contributed by atoms with van der Waals surface area (Å²) in [6.45, 7) is 1.91. The first-order chi connectivity index (χ1) is 9.25. The topological polar surface area (TPSA) is 46.0 Å². The average Bonchev–Trinajstić information content (AvgIpc) is 2.46. The maximum atomic E-state index is 10.5. The summed E-state index contributed by atoms with van der Waals surface area (Å²) in [7, 11) is 0. The molecule has 2 aromatic heterocycles. The third kappa shape index (κ3) is 2.20. The van der Waals surface area contributed by atoms with Crippen LogP contribution in [0.25, 0.3) is 10.8 Å². The van der Waals surface area contributed by atoms with Crippen LogP contribution >= 0.6 is 0 Å². The van der Waals surface area contributed by atoms with Crippen molar-refractivity contribution in [1.29, 1.82) is 0 Å². The van der Waals surface area contributed by atoms with E-state index in [1.165, 1.54) is 0 Å². The Hall–Kier alpha value is -2.26. The number of benzene rings is 1. The first-order valence-electron chi connectivity index (χ1n) is 6.21. The van der Waals surface area contributed by atoms with E-state index in [0.29, 0.717) is 11.4 Å². The van der Waals surface area contributed by atoms with E-state index >= 15 is 0 Å². The second-order valence-electron chi connectivity index (χ2n) is 4.52. The van der Waals surface area contributed by atoms with E-state index in [9.17, 15) is 5.11 Å². The number of nitrogens with zero attached hydrogens (tertiary/aromatic N) is 2. The molecule has 0 aliphatic rings. The quantitative estimate of drug-likeness (QED) is 0.760. The van der Waals surface area contributed by atoms with Crippen LogP contribution in [0, 0.1) is 6.92 Å². The molecule has 0 aliphatic heterocycles. The van der Waals surface area contributed by atoms with Crippen molar-refractivity contribution < 1.29 is 5.11 Å². The monoisotopic (exact) mass is 250 g/mol. The lowest BCUT2D eigenvalue weighted by molar-refractivity contribution is 0.212. The molecular weight excluding hydrogens is 236 g/mol. The van der Waals surface area contributed by atoms with Crippen LogP contribution < -0.4 is 0 Å². The van der Waals surface area contributed by atoms with Crippen molar-refractivity contribution in [2.75, 3.05) is 0 Å². The van der Waals surface area contributed by atoms with E-state index in [1.807, 2.05) is 55.5 Å². The van der Waals surface area contributed by atoms with Gasteiger partial charge in [-0.3, -0.25) is 9.97 Å². The lowest BCUT2D eigenvalue weighted by Gasteiger charge is -2.12. The van der Waals surface area contributed by atoms with E-state index in [4.69, 9.17) is 0 Å². The fraction of sp³-hybridized carbons (Fsp3) is 0.125. The Kier molecular flexibility index (Phi) is 2.97. The highest BCUT2D eigenvalue weighted by Gasteiger charge is 2.16. The van der Waals surface area contributed by atoms with Crippen LogP contribution in [0.2, 0.25) is 0 Å². The summed E-state index contributed by atoms with van der Waals surface area (Å²) in [5, 5.41) is 12.5. The molecule has 3 aromatic rings. The number of aryl methyl sites for hydroxylation is 1. The van der Waals surface area contributed by atoms with E-state index in [0.717, 1.165) is 16.5 Å². The Morgan fingerprint density at radius 2 is 1.84 bits per heavy atom. The third-order valence-corrected chi connectivity index (χ3v) is 3.15. The van der Waals surface area contributed by atoms with Gasteiger partial charge in [0.1, 0.15) is 6.10 Å². The number of aromatic nitrogens is 2. The first-order valence-corrected chi connectivity index (χ1v) is 6.21. The zero-order valence-electron chi connectivity index (χ0n) is 10.6. The van der Waals surface area contributed by atoms with Gasteiger partial charge in [-0.15, -0.1) is 0 Å². The van der Waals surface area contributed by atoms with Crippen molar-refractivity contribution in [3.8, 4) is 0 Å². The zero-order valence-corrected chi connectivity index (χ0v) is 10.6. The van der Waals surface area contributed by atoms with Gasteiger partial charge in [-0.1, -0.05) is 30.3 Å². The molecule has 2 heterocycles. The molecule has 0 saturated heterocycles. The lowest BCUT2D eigenvalue weighted by atomic mass is 10.0. The molecule has 0 aliphatic carbocycles. The molecule has 3 heteroatoms. The van der Waals surface area contributed by atoms with Crippen LogP contribution in [-0.2, 0) is 0 Å². The highest BCUT2D eigenvalue weighted by atomic mass is 16.3. The number of aliphatic hydroxyl groups is 1. The molecule has 0 spiro atoms. The molecule has 0 bridgehead atoms. The van der Waals surface area contributed by atoms with Crippen LogP contribution in [0.4, 0.5) is 0 Å². The van der Waals surface area contributed by atoms with Gasteiger partial charge in [0.05, 0.1) is 11.4 Å². The molecule has 0 fully saturated rings. The molecule has 1 N–H and O–H groups in total. The maximum absolute atomic E-state index is 10.5. The third-order valence-electron chi connectivity index (χ3n) is 3.15. The van der Waals surface area contributed by atoms with E-state index in [2.05, 4.69) is 9.97 Å². The second-order valence-corrected chi connectivity index (χ2v) is 4.52. The van der Waals surface area contributed by atoms with Crippen molar-refractivity contribution in [3.05, 3.63) is 71.8 Å². The van der Waals surface area contributed by atoms with Gasteiger partial charge in [-0.2, -0.15) is 0 Å². The van der Waals surface area contributed by atoms with Gasteiger partial charge >= 0.3 is 0 Å². The highest BCUT2D eigenvalue weighted by Crippen LogP contribution is 2.25. The first kappa shape index (κ1) is 11.8. The number of aliphatic hydroxyl groups excluding tert-OH is 1. The van der Waals surface area contributed by atoms with Crippen LogP contribution in [0.3, 0.4) is 0 Å². The van der Waals surface area contributed by atoms with E-state index in [-0.39, 0.29) is 0 Å². The molecule has 94 valence electrons. The summed E-state index contributed by atoms with van der Waals surface area (Å²) in [6, 6.07) is 15.5. The summed E-state index contributed by atoms with van der Waals surface area (Å²) in [4.78, 5) is 8.69. The predicted octanol–water partition coefficient (Wildman–Crippen LogP) is 3.02. The minimum absolute atomic E-state index is 0.629. The molecule has 0 amide bonds. The summed E-state index contributed by atoms with van der Waals surface area (Å²) in [5.41, 5.74) is 2.16. The predicted molar refractivity (Wildman–Crippen MR) is 74.8 cm³/mol. The smallest absolute Gasteiger partial charge is 0.138 e. The summed E-state index contributed by atoms with van der Waals surface area (Å²) >= 11 is 0. The number of hydrogen-bond donors (Lipinski definition) is 1. The Morgan fingerprint density at radius 3 is 2.68 bits per heavy atom. The Bertz CT molecular complexity index is 719. The summed E-state index contributed by atoms with van der Waals surface area (Å²) in [5.74, 6) is 0. The van der Waals surface area contributed by atoms with Gasteiger partial charge in [0, 0.05) is 17.3 Å². The summed E-state index contributed by atoms with van der Waals surface area (Å²) < 4.78 is 0. The lowest BCUT2D eigenvalue weighted by Crippen LogP contribution is -2.05. The highest BCUT2D eigenvalue weighted by molar-refractivity contribution is 5.84. The van der Waals surface area contributed by atoms with Gasteiger partial charge < -0.3 is 5.11 Å². The average molecular weight is 250 g/mol. The van der Waals surface area contributed by atoms with Crippen molar-refractivity contribution in [1.82, 2.24) is 9.97 Å². The molecule has 3 nitrogen and oxygen atoms in total. The fourth-order valence-electron chi connectivity index (χ4n) is 2.22. The second kappa shape index (κ2) is 4.78. The molecule has 0 saturated carbocycles. The van der Waals surface area contributed by atoms with Gasteiger partial charge in [0.25, 0.3) is 0 Å². The summed E-state index contributed by atoms with van der Waals surface area (Å²) in [6.07, 6.45) is 0.919. The minimum atomic E-state index is -0.800. The molecule has 3 rings (SSSR count). The standard InChI is InChI=1S/C16H14N2O/c1-11-5-4-8-14(18-11)16(19)15-13-7-3-2-6-12(13)9-10-17-15/h2-10,16,19H,1H3. The normalized spacial score (nSPS) is 12.5. The zero-order chi connectivity index (χ0) is 13.2. The van der Waals surface area contributed by atoms with Gasteiger partial charge in [-0.05, 0) is 30.5 Å². The maximum Gasteiger partial charge on any atom is 0.138 e. The molecule has 19 heavy (non-hydrogen) atoms. The van der Waals surface area contributed by atoms with Crippen LogP contribution in [-0.4, -0.2) is 15.1 Å². The van der Waals surface area contributed by atoms with E-state index < -0.39 is 6.10 Å². The molecule has 1 atom stereocenters. The number of fused-ring (bicyclic) bond motifs is 1. The fourth-order valence-corrected chi connectivity index (χ4v) is 2.22. The van der Waals surface area contributed by atoms with Gasteiger partial charge in [-0.25, -0.2) is 0 Å². The Balaban J connectivity index is 2.14. The SMILES string of the molecule is Cc1cccc(C(O)c2nccc3ccccc23)n1. The molecule has 1 aromatic carbocycles. The van der Waals surface area contributed by atoms with Crippen LogP contribution in [0.1, 0.15) is 23.2 Å². The molecule has 0 radical (unpaired) electrons. The van der Waals surface area contributed by atoms with Crippen molar-refractivity contribution >= 4 is 10.8 Å². The minimum Gasteiger partial charge on any atom is -0.380 e. The van der Waals surface area contributed by atoms with Crippen molar-refractivity contribution in [2.24, 2.45) is 0 Å². The van der Waals surface area contributed by atoms with Gasteiger partial charge in [0.2, 0.25) is 0 Å². The van der Waals surface area contributed by atoms with E-state index in [1.54, 1.807) is 6.20 Å². The molecular formula is C16H14N2O. The van der Waals surface area contributed by atoms with Gasteiger partial charge in [0.15, 0.2) is 0 Å². The van der Waals surface area contributed by atoms with Crippen LogP contribution in [0.5, 0.6) is 0 Å².